The summed E-state index contributed by atoms with van der Waals surface area (Å²) in [5.74, 6) is 0.00690. The van der Waals surface area contributed by atoms with Crippen molar-refractivity contribution in [2.24, 2.45) is 0 Å². The predicted molar refractivity (Wildman–Crippen MR) is 48.6 cm³/mol. The van der Waals surface area contributed by atoms with E-state index >= 15 is 0 Å². The molecule has 4 heteroatoms. The van der Waals surface area contributed by atoms with Gasteiger partial charge in [0.05, 0.1) is 12.2 Å². The Morgan fingerprint density at radius 2 is 2.54 bits per heavy atom. The van der Waals surface area contributed by atoms with E-state index in [0.29, 0.717) is 6.54 Å². The van der Waals surface area contributed by atoms with Crippen LogP contribution in [0, 0.1) is 0 Å². The Morgan fingerprint density at radius 3 is 3.23 bits per heavy atom. The molecule has 1 N–H and O–H groups in total. The highest BCUT2D eigenvalue weighted by Crippen LogP contribution is 2.17. The van der Waals surface area contributed by atoms with Crippen molar-refractivity contribution in [3.8, 4) is 0 Å². The van der Waals surface area contributed by atoms with Gasteiger partial charge in [0, 0.05) is 12.1 Å². The average Bonchev–Trinajstić information content (AvgIpc) is 2.56. The summed E-state index contributed by atoms with van der Waals surface area (Å²) < 4.78 is 1.82. The molecule has 13 heavy (non-hydrogen) atoms. The lowest BCUT2D eigenvalue weighted by molar-refractivity contribution is 0.0911. The lowest BCUT2D eigenvalue weighted by Gasteiger charge is -2.21. The standard InChI is InChI=1S/C9H13N3O/c1-3-7-5-11-12-6(2)4-10-9(13)8(7)12/h5-6H,3-4H2,1-2H3,(H,10,13). The van der Waals surface area contributed by atoms with Crippen LogP contribution in [0.3, 0.4) is 0 Å². The van der Waals surface area contributed by atoms with Crippen LogP contribution in [0.15, 0.2) is 6.20 Å². The minimum Gasteiger partial charge on any atom is -0.349 e. The molecule has 0 bridgehead atoms. The van der Waals surface area contributed by atoms with E-state index in [-0.39, 0.29) is 11.9 Å². The number of carbonyl (C=O) groups is 1. The van der Waals surface area contributed by atoms with E-state index in [2.05, 4.69) is 17.3 Å². The Kier molecular flexibility index (Phi) is 1.83. The number of amides is 1. The van der Waals surface area contributed by atoms with Crippen LogP contribution < -0.4 is 5.32 Å². The molecule has 2 rings (SSSR count). The second kappa shape index (κ2) is 2.87. The average molecular weight is 179 g/mol. The lowest BCUT2D eigenvalue weighted by Crippen LogP contribution is -2.38. The number of rotatable bonds is 1. The molecular formula is C9H13N3O. The van der Waals surface area contributed by atoms with Gasteiger partial charge in [-0.3, -0.25) is 9.48 Å². The van der Waals surface area contributed by atoms with Crippen molar-refractivity contribution in [3.05, 3.63) is 17.5 Å². The van der Waals surface area contributed by atoms with Gasteiger partial charge in [-0.05, 0) is 13.3 Å². The summed E-state index contributed by atoms with van der Waals surface area (Å²) in [5, 5.41) is 7.06. The topological polar surface area (TPSA) is 46.9 Å². The molecule has 1 amide bonds. The molecule has 1 aliphatic heterocycles. The van der Waals surface area contributed by atoms with Crippen LogP contribution in [-0.2, 0) is 6.42 Å². The Labute approximate surface area is 76.9 Å². The van der Waals surface area contributed by atoms with Crippen LogP contribution in [-0.4, -0.2) is 22.2 Å². The maximum atomic E-state index is 11.5. The van der Waals surface area contributed by atoms with Crippen LogP contribution in [0.25, 0.3) is 0 Å². The monoisotopic (exact) mass is 179 g/mol. The molecule has 70 valence electrons. The Morgan fingerprint density at radius 1 is 1.77 bits per heavy atom. The van der Waals surface area contributed by atoms with Gasteiger partial charge in [-0.2, -0.15) is 5.10 Å². The first-order valence-electron chi connectivity index (χ1n) is 4.58. The minimum atomic E-state index is 0.00690. The molecular weight excluding hydrogens is 166 g/mol. The second-order valence-corrected chi connectivity index (χ2v) is 3.38. The summed E-state index contributed by atoms with van der Waals surface area (Å²) in [7, 11) is 0. The van der Waals surface area contributed by atoms with E-state index in [4.69, 9.17) is 0 Å². The summed E-state index contributed by atoms with van der Waals surface area (Å²) in [6, 6.07) is 0.271. The zero-order chi connectivity index (χ0) is 9.42. The number of hydrogen-bond donors (Lipinski definition) is 1. The largest absolute Gasteiger partial charge is 0.349 e. The van der Waals surface area contributed by atoms with Gasteiger partial charge < -0.3 is 5.32 Å². The van der Waals surface area contributed by atoms with Crippen molar-refractivity contribution in [3.63, 3.8) is 0 Å². The summed E-state index contributed by atoms with van der Waals surface area (Å²) in [6.45, 7) is 4.76. The van der Waals surface area contributed by atoms with Crippen LogP contribution >= 0.6 is 0 Å². The van der Waals surface area contributed by atoms with E-state index in [1.54, 1.807) is 6.20 Å². The van der Waals surface area contributed by atoms with Crippen molar-refractivity contribution < 1.29 is 4.79 Å². The molecule has 2 heterocycles. The third-order valence-corrected chi connectivity index (χ3v) is 2.44. The zero-order valence-corrected chi connectivity index (χ0v) is 7.87. The molecule has 1 aromatic rings. The van der Waals surface area contributed by atoms with Crippen LogP contribution in [0.1, 0.15) is 35.9 Å². The number of nitrogens with one attached hydrogen (secondary N) is 1. The first kappa shape index (κ1) is 8.29. The maximum Gasteiger partial charge on any atom is 0.269 e. The zero-order valence-electron chi connectivity index (χ0n) is 7.87. The molecule has 0 spiro atoms. The number of aryl methyl sites for hydroxylation is 1. The predicted octanol–water partition coefficient (Wildman–Crippen LogP) is 0.750. The highest BCUT2D eigenvalue weighted by atomic mass is 16.2. The van der Waals surface area contributed by atoms with E-state index < -0.39 is 0 Å². The van der Waals surface area contributed by atoms with Gasteiger partial charge in [-0.15, -0.1) is 0 Å². The smallest absolute Gasteiger partial charge is 0.269 e. The fourth-order valence-corrected chi connectivity index (χ4v) is 1.65. The lowest BCUT2D eigenvalue weighted by atomic mass is 10.1. The van der Waals surface area contributed by atoms with Gasteiger partial charge >= 0.3 is 0 Å². The molecule has 1 aliphatic rings. The van der Waals surface area contributed by atoms with Crippen LogP contribution in [0.2, 0.25) is 0 Å². The molecule has 4 nitrogen and oxygen atoms in total. The van der Waals surface area contributed by atoms with Crippen molar-refractivity contribution in [1.82, 2.24) is 15.1 Å². The second-order valence-electron chi connectivity index (χ2n) is 3.38. The Bertz CT molecular complexity index is 343. The van der Waals surface area contributed by atoms with Gasteiger partial charge in [0.2, 0.25) is 0 Å². The molecule has 0 saturated heterocycles. The molecule has 0 aromatic carbocycles. The van der Waals surface area contributed by atoms with Crippen LogP contribution in [0.5, 0.6) is 0 Å². The van der Waals surface area contributed by atoms with E-state index in [1.807, 2.05) is 11.6 Å². The van der Waals surface area contributed by atoms with Gasteiger partial charge in [-0.1, -0.05) is 6.92 Å². The number of hydrogen-bond acceptors (Lipinski definition) is 2. The molecule has 0 fully saturated rings. The maximum absolute atomic E-state index is 11.5. The van der Waals surface area contributed by atoms with E-state index in [0.717, 1.165) is 17.7 Å². The van der Waals surface area contributed by atoms with Gasteiger partial charge in [-0.25, -0.2) is 0 Å². The van der Waals surface area contributed by atoms with Crippen molar-refractivity contribution in [2.45, 2.75) is 26.3 Å². The fourth-order valence-electron chi connectivity index (χ4n) is 1.65. The fraction of sp³-hybridized carbons (Fsp3) is 0.556. The number of carbonyl (C=O) groups excluding carboxylic acids is 1. The summed E-state index contributed by atoms with van der Waals surface area (Å²) in [5.41, 5.74) is 1.77. The van der Waals surface area contributed by atoms with Crippen molar-refractivity contribution >= 4 is 5.91 Å². The molecule has 1 unspecified atom stereocenters. The molecule has 0 aliphatic carbocycles. The minimum absolute atomic E-state index is 0.00690. The Hall–Kier alpha value is -1.32. The normalized spacial score (nSPS) is 21.1. The van der Waals surface area contributed by atoms with Gasteiger partial charge in [0.15, 0.2) is 0 Å². The highest BCUT2D eigenvalue weighted by Gasteiger charge is 2.25. The number of fused-ring (bicyclic) bond motifs is 1. The summed E-state index contributed by atoms with van der Waals surface area (Å²) >= 11 is 0. The van der Waals surface area contributed by atoms with Crippen LogP contribution in [0.4, 0.5) is 0 Å². The first-order valence-corrected chi connectivity index (χ1v) is 4.58. The third-order valence-electron chi connectivity index (χ3n) is 2.44. The van der Waals surface area contributed by atoms with Crippen molar-refractivity contribution in [2.75, 3.05) is 6.54 Å². The summed E-state index contributed by atoms with van der Waals surface area (Å²) in [4.78, 5) is 11.5. The van der Waals surface area contributed by atoms with E-state index in [1.165, 1.54) is 0 Å². The third kappa shape index (κ3) is 1.13. The van der Waals surface area contributed by atoms with Gasteiger partial charge in [0.1, 0.15) is 5.69 Å². The molecule has 1 atom stereocenters. The van der Waals surface area contributed by atoms with Gasteiger partial charge in [0.25, 0.3) is 5.91 Å². The highest BCUT2D eigenvalue weighted by molar-refractivity contribution is 5.94. The quantitative estimate of drug-likeness (QED) is 0.691. The van der Waals surface area contributed by atoms with E-state index in [9.17, 15) is 4.79 Å². The molecule has 0 radical (unpaired) electrons. The molecule has 1 aromatic heterocycles. The summed E-state index contributed by atoms with van der Waals surface area (Å²) in [6.07, 6.45) is 2.65. The Balaban J connectivity index is 2.53. The number of aromatic nitrogens is 2. The SMILES string of the molecule is CCc1cnn2c1C(=O)NCC2C. The first-order chi connectivity index (χ1) is 6.24. The number of nitrogens with zero attached hydrogens (tertiary/aromatic N) is 2. The van der Waals surface area contributed by atoms with Crippen molar-refractivity contribution in [1.29, 1.82) is 0 Å². The molecule has 0 saturated carbocycles.